The quantitative estimate of drug-likeness (QED) is 0.244. The number of ether oxygens (including phenoxy) is 3. The monoisotopic (exact) mass is 542 g/mol. The second-order valence-electron chi connectivity index (χ2n) is 13.7. The van der Waals surface area contributed by atoms with Gasteiger partial charge in [0.05, 0.1) is 0 Å². The van der Waals surface area contributed by atoms with Gasteiger partial charge < -0.3 is 14.2 Å². The van der Waals surface area contributed by atoms with Crippen molar-refractivity contribution in [2.45, 2.75) is 125 Å². The van der Waals surface area contributed by atoms with Gasteiger partial charge in [0.1, 0.15) is 18.3 Å². The van der Waals surface area contributed by atoms with Crippen molar-refractivity contribution in [2.24, 2.45) is 40.4 Å². The molecule has 4 rings (SSSR count). The minimum absolute atomic E-state index is 0.0180. The third kappa shape index (κ3) is 5.72. The maximum atomic E-state index is 12.2. The average molecular weight is 543 g/mol. The molecule has 0 saturated heterocycles. The highest BCUT2D eigenvalue weighted by Gasteiger charge is 2.60. The molecule has 1 unspecified atom stereocenters. The molecule has 0 amide bonds. The predicted octanol–water partition coefficient (Wildman–Crippen LogP) is 6.96. The first-order chi connectivity index (χ1) is 18.3. The van der Waals surface area contributed by atoms with Crippen LogP contribution >= 0.6 is 0 Å². The highest BCUT2D eigenvalue weighted by molar-refractivity contribution is 5.67. The van der Waals surface area contributed by atoms with Crippen molar-refractivity contribution in [3.8, 4) is 0 Å². The van der Waals surface area contributed by atoms with Gasteiger partial charge in [-0.05, 0) is 73.5 Å². The zero-order valence-corrected chi connectivity index (χ0v) is 25.4. The Morgan fingerprint density at radius 2 is 1.59 bits per heavy atom. The van der Waals surface area contributed by atoms with Gasteiger partial charge in [0, 0.05) is 39.0 Å². The molecule has 3 saturated carbocycles. The number of rotatable bonds is 8. The van der Waals surface area contributed by atoms with Crippen molar-refractivity contribution in [2.75, 3.05) is 0 Å². The molecule has 218 valence electrons. The van der Waals surface area contributed by atoms with Crippen LogP contribution in [0.1, 0.15) is 107 Å². The van der Waals surface area contributed by atoms with Crippen molar-refractivity contribution in [1.82, 2.24) is 0 Å². The number of carbonyl (C=O) groups is 3. The number of carbonyl (C=O) groups excluding carboxylic acids is 3. The summed E-state index contributed by atoms with van der Waals surface area (Å²) in [6.45, 7) is 15.9. The average Bonchev–Trinajstić information content (AvgIpc) is 3.18. The van der Waals surface area contributed by atoms with E-state index in [-0.39, 0.29) is 47.0 Å². The van der Waals surface area contributed by atoms with E-state index in [9.17, 15) is 14.4 Å². The highest BCUT2D eigenvalue weighted by atomic mass is 16.6. The molecule has 0 heterocycles. The van der Waals surface area contributed by atoms with Gasteiger partial charge in [-0.25, -0.2) is 0 Å². The second-order valence-corrected chi connectivity index (χ2v) is 13.7. The van der Waals surface area contributed by atoms with E-state index in [1.807, 2.05) is 0 Å². The first-order valence-corrected chi connectivity index (χ1v) is 15.2. The molecular formula is C33H50O6. The van der Waals surface area contributed by atoms with Crippen molar-refractivity contribution in [3.63, 3.8) is 0 Å². The van der Waals surface area contributed by atoms with Gasteiger partial charge in [-0.2, -0.15) is 0 Å². The van der Waals surface area contributed by atoms with E-state index >= 15 is 0 Å². The van der Waals surface area contributed by atoms with Crippen LogP contribution in [0.5, 0.6) is 0 Å². The van der Waals surface area contributed by atoms with Crippen LogP contribution in [0.15, 0.2) is 23.3 Å². The fourth-order valence-corrected chi connectivity index (χ4v) is 9.05. The Kier molecular flexibility index (Phi) is 8.73. The maximum Gasteiger partial charge on any atom is 0.302 e. The topological polar surface area (TPSA) is 78.9 Å². The number of esters is 3. The SMILES string of the molecule is CC(=O)OC(CC[C@@H](C)[C@H]1CC[C@H]2C3=CC=C4C[C@@H](OC(C)=O)C[C@H](OC(C)=O)[C@]4(C)[C@H]3CC[C@]12C)C(C)C. The molecule has 6 heteroatoms. The number of allylic oxidation sites excluding steroid dienone is 3. The summed E-state index contributed by atoms with van der Waals surface area (Å²) >= 11 is 0. The van der Waals surface area contributed by atoms with E-state index in [2.05, 4.69) is 46.8 Å². The summed E-state index contributed by atoms with van der Waals surface area (Å²) in [4.78, 5) is 35.5. The molecule has 4 aliphatic carbocycles. The third-order valence-corrected chi connectivity index (χ3v) is 11.0. The smallest absolute Gasteiger partial charge is 0.302 e. The van der Waals surface area contributed by atoms with Gasteiger partial charge in [-0.1, -0.05) is 57.9 Å². The molecule has 0 aliphatic heterocycles. The van der Waals surface area contributed by atoms with Crippen molar-refractivity contribution < 1.29 is 28.6 Å². The zero-order valence-electron chi connectivity index (χ0n) is 25.4. The summed E-state index contributed by atoms with van der Waals surface area (Å²) in [5.41, 5.74) is 2.75. The van der Waals surface area contributed by atoms with Gasteiger partial charge >= 0.3 is 17.9 Å². The first kappa shape index (κ1) is 29.9. The van der Waals surface area contributed by atoms with E-state index in [1.165, 1.54) is 44.8 Å². The Morgan fingerprint density at radius 1 is 0.897 bits per heavy atom. The lowest BCUT2D eigenvalue weighted by Gasteiger charge is -2.57. The van der Waals surface area contributed by atoms with Crippen molar-refractivity contribution in [3.05, 3.63) is 23.3 Å². The van der Waals surface area contributed by atoms with E-state index < -0.39 is 0 Å². The Bertz CT molecular complexity index is 1030. The van der Waals surface area contributed by atoms with Gasteiger partial charge in [0.2, 0.25) is 0 Å². The van der Waals surface area contributed by atoms with Crippen LogP contribution in [0.4, 0.5) is 0 Å². The van der Waals surface area contributed by atoms with Gasteiger partial charge in [0.25, 0.3) is 0 Å². The minimum Gasteiger partial charge on any atom is -0.462 e. The number of hydrogen-bond donors (Lipinski definition) is 0. The molecular weight excluding hydrogens is 492 g/mol. The molecule has 4 aliphatic rings. The Hall–Kier alpha value is -2.11. The predicted molar refractivity (Wildman–Crippen MR) is 150 cm³/mol. The summed E-state index contributed by atoms with van der Waals surface area (Å²) in [6, 6.07) is 0. The fraction of sp³-hybridized carbons (Fsp3) is 0.788. The van der Waals surface area contributed by atoms with Crippen LogP contribution in [-0.4, -0.2) is 36.2 Å². The van der Waals surface area contributed by atoms with E-state index in [0.717, 1.165) is 25.7 Å². The molecule has 0 bridgehead atoms. The summed E-state index contributed by atoms with van der Waals surface area (Å²) in [7, 11) is 0. The zero-order chi connectivity index (χ0) is 28.7. The number of hydrogen-bond acceptors (Lipinski definition) is 6. The second kappa shape index (κ2) is 11.4. The molecule has 3 fully saturated rings. The van der Waals surface area contributed by atoms with Crippen molar-refractivity contribution >= 4 is 17.9 Å². The molecule has 9 atom stereocenters. The minimum atomic E-state index is -0.303. The normalized spacial score (nSPS) is 36.9. The lowest BCUT2D eigenvalue weighted by Crippen LogP contribution is -2.54. The summed E-state index contributed by atoms with van der Waals surface area (Å²) in [5.74, 6) is 1.63. The van der Waals surface area contributed by atoms with Gasteiger partial charge in [-0.15, -0.1) is 0 Å². The largest absolute Gasteiger partial charge is 0.462 e. The molecule has 0 radical (unpaired) electrons. The highest BCUT2D eigenvalue weighted by Crippen LogP contribution is 2.66. The lowest BCUT2D eigenvalue weighted by atomic mass is 9.49. The molecule has 6 nitrogen and oxygen atoms in total. The van der Waals surface area contributed by atoms with Crippen molar-refractivity contribution in [1.29, 1.82) is 0 Å². The molecule has 0 aromatic carbocycles. The molecule has 0 spiro atoms. The van der Waals surface area contributed by atoms with Crippen LogP contribution in [0.25, 0.3) is 0 Å². The van der Waals surface area contributed by atoms with E-state index in [0.29, 0.717) is 42.4 Å². The van der Waals surface area contributed by atoms with Crippen LogP contribution in [-0.2, 0) is 28.6 Å². The molecule has 0 N–H and O–H groups in total. The van der Waals surface area contributed by atoms with Gasteiger partial charge in [0.15, 0.2) is 0 Å². The molecule has 39 heavy (non-hydrogen) atoms. The maximum absolute atomic E-state index is 12.2. The lowest BCUT2D eigenvalue weighted by molar-refractivity contribution is -0.165. The fourth-order valence-electron chi connectivity index (χ4n) is 9.05. The summed E-state index contributed by atoms with van der Waals surface area (Å²) < 4.78 is 17.2. The number of fused-ring (bicyclic) bond motifs is 5. The van der Waals surface area contributed by atoms with Crippen LogP contribution < -0.4 is 0 Å². The first-order valence-electron chi connectivity index (χ1n) is 15.2. The Balaban J connectivity index is 1.55. The standard InChI is InChI=1S/C33H50O6/c1-19(2)30(38-22(5)35)14-9-20(3)27-12-13-28-26-11-10-24-17-25(37-21(4)34)18-31(39-23(6)36)33(24,8)29(26)15-16-32(27,28)7/h10-11,19-20,25,27-31H,9,12-18H2,1-8H3/t20-,25-,27-,28+,29+,30?,31+,32-,33+/m1/s1. The third-order valence-electron chi connectivity index (χ3n) is 11.0. The van der Waals surface area contributed by atoms with E-state index in [4.69, 9.17) is 14.2 Å². The summed E-state index contributed by atoms with van der Waals surface area (Å²) in [6.07, 6.45) is 11.9. The Labute approximate surface area is 235 Å². The Morgan fingerprint density at radius 3 is 2.21 bits per heavy atom. The summed E-state index contributed by atoms with van der Waals surface area (Å²) in [5, 5.41) is 0. The van der Waals surface area contributed by atoms with Gasteiger partial charge in [-0.3, -0.25) is 14.4 Å². The molecule has 0 aromatic heterocycles. The van der Waals surface area contributed by atoms with Crippen LogP contribution in [0.2, 0.25) is 0 Å². The van der Waals surface area contributed by atoms with Crippen LogP contribution in [0, 0.1) is 40.4 Å². The van der Waals surface area contributed by atoms with Crippen LogP contribution in [0.3, 0.4) is 0 Å². The molecule has 0 aromatic rings. The van der Waals surface area contributed by atoms with E-state index in [1.54, 1.807) is 0 Å².